The van der Waals surface area contributed by atoms with Gasteiger partial charge in [0.1, 0.15) is 7.05 Å². The van der Waals surface area contributed by atoms with Gasteiger partial charge >= 0.3 is 5.97 Å². The third kappa shape index (κ3) is 73.2. The Morgan fingerprint density at radius 1 is 0.529 bits per heavy atom. The first-order valence-corrected chi connectivity index (χ1v) is 25.8. The fourth-order valence-corrected chi connectivity index (χ4v) is 7.12. The summed E-state index contributed by atoms with van der Waals surface area (Å²) in [7, 11) is 21.0. The number of aromatic nitrogens is 1. The number of quaternary nitrogens is 5. The molecule has 0 unspecified atom stereocenters. The smallest absolute Gasteiger partial charge is 0.361 e. The second-order valence-electron chi connectivity index (χ2n) is 21.3. The van der Waals surface area contributed by atoms with Gasteiger partial charge in [0.15, 0.2) is 25.7 Å². The summed E-state index contributed by atoms with van der Waals surface area (Å²) in [6.07, 6.45) is 26.8. The number of esters is 1. The van der Waals surface area contributed by atoms with Crippen LogP contribution in [-0.2, 0) is 16.6 Å². The summed E-state index contributed by atoms with van der Waals surface area (Å²) >= 11 is 0. The zero-order valence-electron chi connectivity index (χ0n) is 48.5. The van der Waals surface area contributed by atoms with Gasteiger partial charge in [-0.05, 0) is 71.1 Å². The fourth-order valence-electron chi connectivity index (χ4n) is 7.12. The number of aliphatic hydroxyl groups excluding tert-OH is 1. The van der Waals surface area contributed by atoms with Crippen LogP contribution in [0.2, 0.25) is 0 Å². The van der Waals surface area contributed by atoms with E-state index in [4.69, 9.17) is 4.74 Å². The molecule has 1 aromatic rings. The van der Waals surface area contributed by atoms with Crippen molar-refractivity contribution in [3.63, 3.8) is 0 Å². The number of carbonyl (C=O) groups is 1. The number of halogens is 1. The van der Waals surface area contributed by atoms with Crippen LogP contribution in [-0.4, -0.2) is 203 Å². The number of piperidine rings is 1. The van der Waals surface area contributed by atoms with Crippen molar-refractivity contribution in [2.24, 2.45) is 7.05 Å². The van der Waals surface area contributed by atoms with E-state index in [0.29, 0.717) is 24.4 Å². The predicted octanol–water partition coefficient (Wildman–Crippen LogP) is 7.89. The van der Waals surface area contributed by atoms with Crippen LogP contribution in [0, 0.1) is 0 Å². The molecule has 1 aromatic heterocycles. The van der Waals surface area contributed by atoms with E-state index in [9.17, 15) is 9.90 Å². The van der Waals surface area contributed by atoms with E-state index in [1.807, 2.05) is 70.3 Å². The number of carbonyl (C=O) groups excluding carboxylic acids is 1. The number of unbranched alkanes of at least 4 members (excludes halogenated alkanes) is 7. The topological polar surface area (TPSA) is 200 Å². The SMILES string of the molecule is C.C.CCCC[N+](CCCC)(CCCC)CCCC.CCCC[N+](CO)(CCCC)CCCC.CCOC(=O)C[N+](C)(C)C.C[N+](C)(C)C.C[N+]1(C)CCCCC1.C[n+]1ccccc1.[Br-].[OH-].[OH-].[OH-].[OH-].[OH-]. The molecule has 70 heavy (non-hydrogen) atoms. The van der Waals surface area contributed by atoms with Crippen molar-refractivity contribution in [1.29, 1.82) is 0 Å². The highest BCUT2D eigenvalue weighted by molar-refractivity contribution is 5.70. The van der Waals surface area contributed by atoms with E-state index < -0.39 is 0 Å². The number of likely N-dealkylation sites (N-methyl/N-ethyl adjacent to an activating group) is 1. The molecule has 14 nitrogen and oxygen atoms in total. The molecule has 0 saturated carbocycles. The van der Waals surface area contributed by atoms with Gasteiger partial charge in [0.05, 0.1) is 129 Å². The second-order valence-corrected chi connectivity index (χ2v) is 21.3. The first kappa shape index (κ1) is 97.9. The molecule has 15 heteroatoms. The van der Waals surface area contributed by atoms with Gasteiger partial charge in [-0.25, -0.2) is 9.36 Å². The number of hydrogen-bond acceptors (Lipinski definition) is 8. The van der Waals surface area contributed by atoms with Crippen molar-refractivity contribution in [2.75, 3.05) is 142 Å². The van der Waals surface area contributed by atoms with E-state index in [0.717, 1.165) is 28.6 Å². The first-order valence-electron chi connectivity index (χ1n) is 25.8. The molecule has 1 aliphatic heterocycles. The molecule has 0 atom stereocenters. The van der Waals surface area contributed by atoms with Crippen molar-refractivity contribution in [1.82, 2.24) is 0 Å². The Morgan fingerprint density at radius 2 is 0.800 bits per heavy atom. The summed E-state index contributed by atoms with van der Waals surface area (Å²) < 4.78 is 12.0. The highest BCUT2D eigenvalue weighted by Crippen LogP contribution is 2.17. The Labute approximate surface area is 449 Å². The summed E-state index contributed by atoms with van der Waals surface area (Å²) in [5.41, 5.74) is 0. The number of hydrogen-bond donors (Lipinski definition) is 1. The van der Waals surface area contributed by atoms with E-state index in [-0.39, 0.29) is 65.2 Å². The Kier molecular flexibility index (Phi) is 86.7. The number of nitrogens with zero attached hydrogens (tertiary/aromatic N) is 6. The monoisotopic (exact) mass is 1080 g/mol. The fraction of sp³-hybridized carbons (Fsp3) is 0.891. The van der Waals surface area contributed by atoms with Crippen molar-refractivity contribution in [2.45, 2.75) is 179 Å². The largest absolute Gasteiger partial charge is 1.00 e. The highest BCUT2D eigenvalue weighted by atomic mass is 79.9. The number of ether oxygens (including phenoxy) is 1. The van der Waals surface area contributed by atoms with Crippen LogP contribution in [0.15, 0.2) is 30.6 Å². The number of pyridine rings is 1. The van der Waals surface area contributed by atoms with Gasteiger partial charge in [0, 0.05) is 12.1 Å². The third-order valence-corrected chi connectivity index (χ3v) is 11.0. The molecule has 6 N–H and O–H groups in total. The van der Waals surface area contributed by atoms with Gasteiger partial charge in [0.25, 0.3) is 0 Å². The minimum Gasteiger partial charge on any atom is -1.00 e. The minimum atomic E-state index is -0.130. The Hall–Kier alpha value is -1.34. The maximum absolute atomic E-state index is 10.8. The molecule has 2 heterocycles. The van der Waals surface area contributed by atoms with Crippen LogP contribution in [0.5, 0.6) is 0 Å². The normalized spacial score (nSPS) is 12.0. The van der Waals surface area contributed by atoms with Gasteiger partial charge in [-0.3, -0.25) is 0 Å². The first-order chi connectivity index (χ1) is 29.0. The van der Waals surface area contributed by atoms with Crippen LogP contribution in [0.3, 0.4) is 0 Å². The van der Waals surface area contributed by atoms with Crippen molar-refractivity contribution < 1.29 is 86.0 Å². The van der Waals surface area contributed by atoms with Crippen LogP contribution in [0.4, 0.5) is 0 Å². The van der Waals surface area contributed by atoms with Crippen molar-refractivity contribution in [3.8, 4) is 0 Å². The van der Waals surface area contributed by atoms with Crippen LogP contribution in [0.1, 0.15) is 179 Å². The average Bonchev–Trinajstić information content (AvgIpc) is 3.20. The molecule has 0 bridgehead atoms. The Bertz CT molecular complexity index is 1020. The molecule has 0 aromatic carbocycles. The molecular formula is C55H131BrN6O8. The highest BCUT2D eigenvalue weighted by Gasteiger charge is 2.25. The van der Waals surface area contributed by atoms with Gasteiger partial charge in [-0.15, -0.1) is 0 Å². The summed E-state index contributed by atoms with van der Waals surface area (Å²) in [4.78, 5) is 10.8. The summed E-state index contributed by atoms with van der Waals surface area (Å²) in [5, 5.41) is 9.63. The van der Waals surface area contributed by atoms with Crippen LogP contribution in [0.25, 0.3) is 0 Å². The van der Waals surface area contributed by atoms with E-state index in [1.54, 1.807) is 0 Å². The molecule has 1 saturated heterocycles. The van der Waals surface area contributed by atoms with Crippen molar-refractivity contribution >= 4 is 5.97 Å². The Morgan fingerprint density at radius 3 is 0.971 bits per heavy atom. The maximum atomic E-state index is 10.8. The molecular weight excluding hydrogens is 953 g/mol. The summed E-state index contributed by atoms with van der Waals surface area (Å²) in [6, 6.07) is 6.00. The lowest BCUT2D eigenvalue weighted by molar-refractivity contribution is -0.945. The van der Waals surface area contributed by atoms with Crippen LogP contribution < -0.4 is 21.5 Å². The molecule has 0 aliphatic carbocycles. The zero-order chi connectivity index (χ0) is 48.4. The number of likely N-dealkylation sites (tertiary alicyclic amines) is 1. The third-order valence-electron chi connectivity index (χ3n) is 11.0. The van der Waals surface area contributed by atoms with Gasteiger partial charge in [-0.2, -0.15) is 0 Å². The lowest BCUT2D eigenvalue weighted by atomic mass is 10.1. The zero-order valence-corrected chi connectivity index (χ0v) is 50.0. The molecule has 1 fully saturated rings. The van der Waals surface area contributed by atoms with E-state index >= 15 is 0 Å². The minimum absolute atomic E-state index is 0. The second kappa shape index (κ2) is 62.0. The molecule has 436 valence electrons. The molecule has 1 aliphatic rings. The lowest BCUT2D eigenvalue weighted by Gasteiger charge is -2.39. The average molecular weight is 1080 g/mol. The van der Waals surface area contributed by atoms with Crippen LogP contribution >= 0.6 is 0 Å². The molecule has 0 amide bonds. The number of aryl methyl sites for hydroxylation is 1. The molecule has 0 spiro atoms. The molecule has 2 rings (SSSR count). The predicted molar refractivity (Wildman–Crippen MR) is 296 cm³/mol. The Balaban J connectivity index is -0.0000000585. The van der Waals surface area contributed by atoms with Gasteiger partial charge in [-0.1, -0.05) is 114 Å². The summed E-state index contributed by atoms with van der Waals surface area (Å²) in [5.74, 6) is -0.130. The van der Waals surface area contributed by atoms with E-state index in [2.05, 4.69) is 90.8 Å². The summed E-state index contributed by atoms with van der Waals surface area (Å²) in [6.45, 7) is 31.0. The number of aliphatic hydroxyl groups is 1. The maximum Gasteiger partial charge on any atom is 0.361 e. The van der Waals surface area contributed by atoms with E-state index in [1.165, 1.54) is 157 Å². The number of rotatable bonds is 25. The molecule has 0 radical (unpaired) electrons. The van der Waals surface area contributed by atoms with Gasteiger partial charge < -0.3 is 76.6 Å². The standard InChI is InChI=1S/C16H36N.C13H30NO.C7H16NO2.C7H16N.C6H8N.C4H12N.2CH4.BrH.5H2O/c1-5-9-13-17(14-10-6-2,15-11-7-3)16-12-8-4;1-4-7-10-14(13-15,11-8-5-2)12-9-6-3;1-5-10-7(9)6-8(2,3)4;1-8(2)6-4-3-5-7-8;1-7-5-3-2-4-6-7;1-5(2,3)4;;;;;;;;/h5-16H2,1-4H3;15H,4-13H2,1-3H3;5-6H2,1-4H3;3-7H2,1-2H3;2-6H,1H3;1-4H3;2*1H4;1H;5*1H2/q6*+1;;;;;;;;/p-6. The van der Waals surface area contributed by atoms with Crippen molar-refractivity contribution in [3.05, 3.63) is 30.6 Å². The van der Waals surface area contributed by atoms with Gasteiger partial charge in [0.2, 0.25) is 0 Å². The lowest BCUT2D eigenvalue weighted by Crippen LogP contribution is -3.00. The quantitative estimate of drug-likeness (QED) is 0.0441.